The van der Waals surface area contributed by atoms with Gasteiger partial charge in [-0.05, 0) is 18.6 Å². The van der Waals surface area contributed by atoms with Crippen LogP contribution in [0.15, 0.2) is 28.7 Å². The fourth-order valence-electron chi connectivity index (χ4n) is 1.88. The maximum absolute atomic E-state index is 12.7. The first-order chi connectivity index (χ1) is 9.81. The SMILES string of the molecule is Cc1cccc2cc(C(N)COCC(F)(F)C(F)F)oc12. The van der Waals surface area contributed by atoms with E-state index in [9.17, 15) is 17.6 Å². The summed E-state index contributed by atoms with van der Waals surface area (Å²) in [5.41, 5.74) is 7.33. The van der Waals surface area contributed by atoms with Crippen molar-refractivity contribution in [1.29, 1.82) is 0 Å². The molecule has 0 aliphatic rings. The first-order valence-corrected chi connectivity index (χ1v) is 6.29. The Morgan fingerprint density at radius 2 is 2.05 bits per heavy atom. The molecular weight excluding hydrogens is 290 g/mol. The summed E-state index contributed by atoms with van der Waals surface area (Å²) < 4.78 is 59.4. The second-order valence-corrected chi connectivity index (χ2v) is 4.83. The summed E-state index contributed by atoms with van der Waals surface area (Å²) in [6.07, 6.45) is -3.76. The van der Waals surface area contributed by atoms with Crippen LogP contribution < -0.4 is 5.73 Å². The van der Waals surface area contributed by atoms with E-state index in [1.165, 1.54) is 0 Å². The lowest BCUT2D eigenvalue weighted by Gasteiger charge is -2.16. The van der Waals surface area contributed by atoms with Crippen LogP contribution in [-0.2, 0) is 4.74 Å². The van der Waals surface area contributed by atoms with Crippen LogP contribution in [0.2, 0.25) is 0 Å². The smallest absolute Gasteiger partial charge is 0.330 e. The highest BCUT2D eigenvalue weighted by atomic mass is 19.3. The molecule has 1 atom stereocenters. The number of furan rings is 1. The highest BCUT2D eigenvalue weighted by Gasteiger charge is 2.41. The molecule has 0 radical (unpaired) electrons. The van der Waals surface area contributed by atoms with Crippen molar-refractivity contribution in [3.63, 3.8) is 0 Å². The quantitative estimate of drug-likeness (QED) is 0.829. The monoisotopic (exact) mass is 305 g/mol. The molecule has 0 aliphatic heterocycles. The highest BCUT2D eigenvalue weighted by Crippen LogP contribution is 2.27. The van der Waals surface area contributed by atoms with Gasteiger partial charge in [0.1, 0.15) is 18.0 Å². The first-order valence-electron chi connectivity index (χ1n) is 6.29. The molecule has 116 valence electrons. The van der Waals surface area contributed by atoms with E-state index in [1.54, 1.807) is 6.07 Å². The number of nitrogens with two attached hydrogens (primary N) is 1. The lowest BCUT2D eigenvalue weighted by Crippen LogP contribution is -2.33. The molecule has 0 saturated carbocycles. The molecule has 0 aliphatic carbocycles. The van der Waals surface area contributed by atoms with Crippen molar-refractivity contribution in [2.24, 2.45) is 5.73 Å². The van der Waals surface area contributed by atoms with Crippen molar-refractivity contribution in [3.8, 4) is 0 Å². The van der Waals surface area contributed by atoms with Gasteiger partial charge in [-0.25, -0.2) is 8.78 Å². The molecule has 3 nitrogen and oxygen atoms in total. The predicted octanol–water partition coefficient (Wildman–Crippen LogP) is 3.66. The maximum Gasteiger partial charge on any atom is 0.330 e. The fourth-order valence-corrected chi connectivity index (χ4v) is 1.88. The molecular formula is C14H15F4NO2. The lowest BCUT2D eigenvalue weighted by atomic mass is 10.1. The molecule has 1 aromatic carbocycles. The molecule has 2 N–H and O–H groups in total. The summed E-state index contributed by atoms with van der Waals surface area (Å²) in [4.78, 5) is 0. The second-order valence-electron chi connectivity index (χ2n) is 4.83. The zero-order valence-electron chi connectivity index (χ0n) is 11.3. The van der Waals surface area contributed by atoms with Crippen molar-refractivity contribution in [2.45, 2.75) is 25.3 Å². The number of halogens is 4. The highest BCUT2D eigenvalue weighted by molar-refractivity contribution is 5.80. The number of ether oxygens (including phenoxy) is 1. The summed E-state index contributed by atoms with van der Waals surface area (Å²) in [6.45, 7) is 0.152. The van der Waals surface area contributed by atoms with E-state index < -0.39 is 25.0 Å². The summed E-state index contributed by atoms with van der Waals surface area (Å²) in [5, 5.41) is 0.832. The van der Waals surface area contributed by atoms with Crippen LogP contribution in [0.3, 0.4) is 0 Å². The number of para-hydroxylation sites is 1. The summed E-state index contributed by atoms with van der Waals surface area (Å²) in [7, 11) is 0. The Kier molecular flexibility index (Phi) is 4.53. The molecule has 2 rings (SSSR count). The van der Waals surface area contributed by atoms with Gasteiger partial charge in [0.05, 0.1) is 12.6 Å². The Hall–Kier alpha value is -1.60. The molecule has 1 unspecified atom stereocenters. The van der Waals surface area contributed by atoms with Gasteiger partial charge in [-0.3, -0.25) is 0 Å². The molecule has 7 heteroatoms. The molecule has 0 fully saturated rings. The number of benzene rings is 1. The average Bonchev–Trinajstić information content (AvgIpc) is 2.83. The molecule has 21 heavy (non-hydrogen) atoms. The van der Waals surface area contributed by atoms with Crippen LogP contribution in [-0.4, -0.2) is 25.6 Å². The molecule has 1 heterocycles. The van der Waals surface area contributed by atoms with Gasteiger partial charge in [0.25, 0.3) is 0 Å². The third-order valence-corrected chi connectivity index (χ3v) is 3.04. The standard InChI is InChI=1S/C14H15F4NO2/c1-8-3-2-4-9-5-11(21-12(8)9)10(19)6-20-7-14(17,18)13(15)16/h2-5,10,13H,6-7,19H2,1H3. The number of alkyl halides is 4. The summed E-state index contributed by atoms with van der Waals surface area (Å²) in [6, 6.07) is 6.42. The minimum atomic E-state index is -4.18. The average molecular weight is 305 g/mol. The first kappa shape index (κ1) is 15.8. The van der Waals surface area contributed by atoms with Crippen LogP contribution in [0.4, 0.5) is 17.6 Å². The molecule has 2 aromatic rings. The van der Waals surface area contributed by atoms with Gasteiger partial charge in [-0.15, -0.1) is 0 Å². The fraction of sp³-hybridized carbons (Fsp3) is 0.429. The molecule has 0 spiro atoms. The number of rotatable bonds is 6. The topological polar surface area (TPSA) is 48.4 Å². The minimum absolute atomic E-state index is 0.332. The van der Waals surface area contributed by atoms with Gasteiger partial charge >= 0.3 is 12.3 Å². The molecule has 0 amide bonds. The van der Waals surface area contributed by atoms with Crippen molar-refractivity contribution >= 4 is 11.0 Å². The van der Waals surface area contributed by atoms with E-state index in [-0.39, 0.29) is 6.61 Å². The Morgan fingerprint density at radius 1 is 1.33 bits per heavy atom. The van der Waals surface area contributed by atoms with E-state index >= 15 is 0 Å². The number of hydrogen-bond acceptors (Lipinski definition) is 3. The zero-order chi connectivity index (χ0) is 15.6. The Morgan fingerprint density at radius 3 is 2.67 bits per heavy atom. The summed E-state index contributed by atoms with van der Waals surface area (Å²) >= 11 is 0. The number of fused-ring (bicyclic) bond motifs is 1. The normalized spacial score (nSPS) is 14.0. The van der Waals surface area contributed by atoms with Crippen LogP contribution in [0.5, 0.6) is 0 Å². The van der Waals surface area contributed by atoms with Crippen molar-refractivity contribution < 1.29 is 26.7 Å². The lowest BCUT2D eigenvalue weighted by molar-refractivity contribution is -0.166. The van der Waals surface area contributed by atoms with Gasteiger partial charge < -0.3 is 14.9 Å². The van der Waals surface area contributed by atoms with Crippen molar-refractivity contribution in [1.82, 2.24) is 0 Å². The summed E-state index contributed by atoms with van der Waals surface area (Å²) in [5.74, 6) is -3.82. The van der Waals surface area contributed by atoms with Gasteiger partial charge in [0.2, 0.25) is 0 Å². The van der Waals surface area contributed by atoms with E-state index in [0.717, 1.165) is 10.9 Å². The minimum Gasteiger partial charge on any atom is -0.459 e. The largest absolute Gasteiger partial charge is 0.459 e. The van der Waals surface area contributed by atoms with Gasteiger partial charge in [-0.1, -0.05) is 18.2 Å². The predicted molar refractivity (Wildman–Crippen MR) is 69.6 cm³/mol. The molecule has 1 aromatic heterocycles. The van der Waals surface area contributed by atoms with Crippen molar-refractivity contribution in [2.75, 3.05) is 13.2 Å². The van der Waals surface area contributed by atoms with Crippen LogP contribution in [0.25, 0.3) is 11.0 Å². The Labute approximate surface area is 118 Å². The molecule has 0 bridgehead atoms. The van der Waals surface area contributed by atoms with Crippen LogP contribution >= 0.6 is 0 Å². The van der Waals surface area contributed by atoms with Crippen molar-refractivity contribution in [3.05, 3.63) is 35.6 Å². The van der Waals surface area contributed by atoms with E-state index in [2.05, 4.69) is 4.74 Å². The van der Waals surface area contributed by atoms with E-state index in [0.29, 0.717) is 11.3 Å². The van der Waals surface area contributed by atoms with Crippen LogP contribution in [0, 0.1) is 6.92 Å². The Balaban J connectivity index is 1.99. The van der Waals surface area contributed by atoms with Gasteiger partial charge in [0, 0.05) is 5.39 Å². The zero-order valence-corrected chi connectivity index (χ0v) is 11.3. The third kappa shape index (κ3) is 3.54. The van der Waals surface area contributed by atoms with Gasteiger partial charge in [-0.2, -0.15) is 8.78 Å². The van der Waals surface area contributed by atoms with Gasteiger partial charge in [0.15, 0.2) is 0 Å². The number of hydrogen-bond donors (Lipinski definition) is 1. The van der Waals surface area contributed by atoms with Crippen LogP contribution in [0.1, 0.15) is 17.4 Å². The number of aryl methyl sites for hydroxylation is 1. The molecule has 0 saturated heterocycles. The van der Waals surface area contributed by atoms with E-state index in [1.807, 2.05) is 25.1 Å². The third-order valence-electron chi connectivity index (χ3n) is 3.04. The second kappa shape index (κ2) is 6.03. The Bertz CT molecular complexity index is 612. The van der Waals surface area contributed by atoms with E-state index in [4.69, 9.17) is 10.2 Å². The maximum atomic E-state index is 12.7.